The molecular formula is C20H21NO4. The van der Waals surface area contributed by atoms with Crippen LogP contribution in [0.3, 0.4) is 0 Å². The molecule has 2 aromatic rings. The Hall–Kier alpha value is -2.66. The van der Waals surface area contributed by atoms with E-state index in [-0.39, 0.29) is 18.4 Å². The molecule has 1 amide bonds. The second-order valence-corrected chi connectivity index (χ2v) is 6.31. The standard InChI is InChI=1S/C20H21NO4/c1-25-13-14-6-5-9-16(10-14)19(22)21-11-17(18(12-21)20(23)24)15-7-3-2-4-8-15/h2-10,17-18H,11-13H2,1H3,(H,23,24). The topological polar surface area (TPSA) is 66.8 Å². The van der Waals surface area contributed by atoms with E-state index in [0.717, 1.165) is 11.1 Å². The Morgan fingerprint density at radius 1 is 1.12 bits per heavy atom. The molecule has 1 aliphatic rings. The zero-order valence-electron chi connectivity index (χ0n) is 14.1. The maximum absolute atomic E-state index is 12.8. The molecule has 0 bridgehead atoms. The third kappa shape index (κ3) is 3.72. The molecule has 1 aliphatic heterocycles. The number of rotatable bonds is 5. The first-order valence-electron chi connectivity index (χ1n) is 8.25. The normalized spacial score (nSPS) is 19.8. The van der Waals surface area contributed by atoms with E-state index in [0.29, 0.717) is 18.7 Å². The summed E-state index contributed by atoms with van der Waals surface area (Å²) in [5.74, 6) is -1.78. The number of carboxylic acid groups (broad SMARTS) is 1. The second-order valence-electron chi connectivity index (χ2n) is 6.31. The maximum atomic E-state index is 12.8. The van der Waals surface area contributed by atoms with Gasteiger partial charge in [0, 0.05) is 31.7 Å². The summed E-state index contributed by atoms with van der Waals surface area (Å²) < 4.78 is 5.11. The van der Waals surface area contributed by atoms with Gasteiger partial charge in [0.1, 0.15) is 0 Å². The summed E-state index contributed by atoms with van der Waals surface area (Å²) >= 11 is 0. The zero-order chi connectivity index (χ0) is 17.8. The summed E-state index contributed by atoms with van der Waals surface area (Å²) in [4.78, 5) is 26.2. The number of carboxylic acids is 1. The van der Waals surface area contributed by atoms with Crippen molar-refractivity contribution < 1.29 is 19.4 Å². The third-order valence-corrected chi connectivity index (χ3v) is 4.64. The Balaban J connectivity index is 1.82. The van der Waals surface area contributed by atoms with Crippen LogP contribution in [-0.2, 0) is 16.1 Å². The number of nitrogens with zero attached hydrogens (tertiary/aromatic N) is 1. The minimum atomic E-state index is -0.864. The van der Waals surface area contributed by atoms with E-state index in [1.54, 1.807) is 24.1 Å². The molecule has 5 nitrogen and oxygen atoms in total. The summed E-state index contributed by atoms with van der Waals surface area (Å²) in [7, 11) is 1.61. The fourth-order valence-electron chi connectivity index (χ4n) is 3.40. The quantitative estimate of drug-likeness (QED) is 0.910. The molecule has 25 heavy (non-hydrogen) atoms. The van der Waals surface area contributed by atoms with Crippen LogP contribution in [0, 0.1) is 5.92 Å². The van der Waals surface area contributed by atoms with Crippen molar-refractivity contribution in [2.24, 2.45) is 5.92 Å². The Labute approximate surface area is 146 Å². The van der Waals surface area contributed by atoms with Crippen molar-refractivity contribution in [3.8, 4) is 0 Å². The van der Waals surface area contributed by atoms with Crippen LogP contribution in [0.1, 0.15) is 27.4 Å². The predicted octanol–water partition coefficient (Wildman–Crippen LogP) is 2.77. The molecule has 1 heterocycles. The van der Waals surface area contributed by atoms with Gasteiger partial charge < -0.3 is 14.7 Å². The molecule has 0 saturated carbocycles. The summed E-state index contributed by atoms with van der Waals surface area (Å²) in [5.41, 5.74) is 2.44. The van der Waals surface area contributed by atoms with Gasteiger partial charge in [0.2, 0.25) is 0 Å². The lowest BCUT2D eigenvalue weighted by atomic mass is 9.89. The van der Waals surface area contributed by atoms with Gasteiger partial charge in [-0.05, 0) is 23.3 Å². The molecule has 0 aromatic heterocycles. The fourth-order valence-corrected chi connectivity index (χ4v) is 3.40. The lowest BCUT2D eigenvalue weighted by molar-refractivity contribution is -0.141. The van der Waals surface area contributed by atoms with E-state index in [1.165, 1.54) is 0 Å². The highest BCUT2D eigenvalue weighted by Crippen LogP contribution is 2.33. The summed E-state index contributed by atoms with van der Waals surface area (Å²) in [5, 5.41) is 9.57. The highest BCUT2D eigenvalue weighted by Gasteiger charge is 2.40. The van der Waals surface area contributed by atoms with E-state index in [9.17, 15) is 14.7 Å². The highest BCUT2D eigenvalue weighted by molar-refractivity contribution is 5.95. The number of carbonyl (C=O) groups excluding carboxylic acids is 1. The number of carbonyl (C=O) groups is 2. The SMILES string of the molecule is COCc1cccc(C(=O)N2CC(C(=O)O)C(c3ccccc3)C2)c1. The van der Waals surface area contributed by atoms with Crippen molar-refractivity contribution in [3.63, 3.8) is 0 Å². The molecule has 2 atom stereocenters. The molecule has 5 heteroatoms. The Kier molecular flexibility index (Phi) is 5.14. The number of methoxy groups -OCH3 is 1. The van der Waals surface area contributed by atoms with Crippen LogP contribution in [0.5, 0.6) is 0 Å². The van der Waals surface area contributed by atoms with Gasteiger partial charge in [-0.1, -0.05) is 42.5 Å². The number of amides is 1. The second kappa shape index (κ2) is 7.49. The molecule has 1 N–H and O–H groups in total. The minimum absolute atomic E-state index is 0.136. The van der Waals surface area contributed by atoms with Gasteiger partial charge in [-0.15, -0.1) is 0 Å². The average Bonchev–Trinajstić information content (AvgIpc) is 3.08. The van der Waals surface area contributed by atoms with Crippen LogP contribution >= 0.6 is 0 Å². The van der Waals surface area contributed by atoms with Crippen molar-refractivity contribution >= 4 is 11.9 Å². The van der Waals surface area contributed by atoms with E-state index in [1.807, 2.05) is 42.5 Å². The van der Waals surface area contributed by atoms with Crippen molar-refractivity contribution in [2.75, 3.05) is 20.2 Å². The van der Waals surface area contributed by atoms with Gasteiger partial charge in [0.15, 0.2) is 0 Å². The first kappa shape index (κ1) is 17.2. The predicted molar refractivity (Wildman–Crippen MR) is 93.4 cm³/mol. The highest BCUT2D eigenvalue weighted by atomic mass is 16.5. The fraction of sp³-hybridized carbons (Fsp3) is 0.300. The zero-order valence-corrected chi connectivity index (χ0v) is 14.1. The van der Waals surface area contributed by atoms with E-state index < -0.39 is 11.9 Å². The Morgan fingerprint density at radius 3 is 2.56 bits per heavy atom. The van der Waals surface area contributed by atoms with Gasteiger partial charge in [-0.25, -0.2) is 0 Å². The maximum Gasteiger partial charge on any atom is 0.308 e. The smallest absolute Gasteiger partial charge is 0.308 e. The minimum Gasteiger partial charge on any atom is -0.481 e. The van der Waals surface area contributed by atoms with Gasteiger partial charge in [-0.2, -0.15) is 0 Å². The van der Waals surface area contributed by atoms with Crippen LogP contribution < -0.4 is 0 Å². The number of benzene rings is 2. The number of hydrogen-bond acceptors (Lipinski definition) is 3. The molecule has 3 rings (SSSR count). The van der Waals surface area contributed by atoms with Crippen LogP contribution in [0.4, 0.5) is 0 Å². The molecule has 0 aliphatic carbocycles. The van der Waals surface area contributed by atoms with Crippen LogP contribution in [0.25, 0.3) is 0 Å². The van der Waals surface area contributed by atoms with E-state index in [2.05, 4.69) is 0 Å². The number of hydrogen-bond donors (Lipinski definition) is 1. The van der Waals surface area contributed by atoms with E-state index in [4.69, 9.17) is 4.74 Å². The van der Waals surface area contributed by atoms with Gasteiger partial charge in [0.05, 0.1) is 12.5 Å². The number of aliphatic carboxylic acids is 1. The molecular weight excluding hydrogens is 318 g/mol. The Bertz CT molecular complexity index is 759. The van der Waals surface area contributed by atoms with Crippen molar-refractivity contribution in [3.05, 3.63) is 71.3 Å². The number of ether oxygens (including phenoxy) is 1. The molecule has 2 unspecified atom stereocenters. The van der Waals surface area contributed by atoms with Gasteiger partial charge in [0.25, 0.3) is 5.91 Å². The molecule has 1 fully saturated rings. The largest absolute Gasteiger partial charge is 0.481 e. The third-order valence-electron chi connectivity index (χ3n) is 4.64. The first-order valence-corrected chi connectivity index (χ1v) is 8.25. The number of likely N-dealkylation sites (tertiary alicyclic amines) is 1. The lowest BCUT2D eigenvalue weighted by Crippen LogP contribution is -2.30. The van der Waals surface area contributed by atoms with Gasteiger partial charge >= 0.3 is 5.97 Å². The Morgan fingerprint density at radius 2 is 1.88 bits per heavy atom. The average molecular weight is 339 g/mol. The van der Waals surface area contributed by atoms with Crippen molar-refractivity contribution in [2.45, 2.75) is 12.5 Å². The molecule has 0 spiro atoms. The monoisotopic (exact) mass is 339 g/mol. The van der Waals surface area contributed by atoms with Gasteiger partial charge in [-0.3, -0.25) is 9.59 Å². The first-order chi connectivity index (χ1) is 12.1. The molecule has 2 aromatic carbocycles. The van der Waals surface area contributed by atoms with Crippen molar-refractivity contribution in [1.29, 1.82) is 0 Å². The molecule has 0 radical (unpaired) electrons. The van der Waals surface area contributed by atoms with Crippen LogP contribution in [-0.4, -0.2) is 42.1 Å². The van der Waals surface area contributed by atoms with Crippen LogP contribution in [0.15, 0.2) is 54.6 Å². The van der Waals surface area contributed by atoms with E-state index >= 15 is 0 Å². The van der Waals surface area contributed by atoms with Crippen molar-refractivity contribution in [1.82, 2.24) is 4.90 Å². The van der Waals surface area contributed by atoms with Crippen LogP contribution in [0.2, 0.25) is 0 Å². The summed E-state index contributed by atoms with van der Waals surface area (Å²) in [6, 6.07) is 16.8. The lowest BCUT2D eigenvalue weighted by Gasteiger charge is -2.17. The molecule has 130 valence electrons. The molecule has 1 saturated heterocycles. The summed E-state index contributed by atoms with van der Waals surface area (Å²) in [6.07, 6.45) is 0. The summed E-state index contributed by atoms with van der Waals surface area (Å²) in [6.45, 7) is 1.07.